The molecule has 0 bridgehead atoms. The van der Waals surface area contributed by atoms with Crippen LogP contribution in [0.3, 0.4) is 0 Å². The normalized spacial score (nSPS) is 12.8. The smallest absolute Gasteiger partial charge is 0.113 e. The van der Waals surface area contributed by atoms with Crippen molar-refractivity contribution in [2.45, 2.75) is 13.0 Å². The maximum Gasteiger partial charge on any atom is 0.113 e. The van der Waals surface area contributed by atoms with E-state index in [2.05, 4.69) is 15.9 Å². The van der Waals surface area contributed by atoms with Crippen LogP contribution in [-0.2, 0) is 0 Å². The number of rotatable bonds is 2. The van der Waals surface area contributed by atoms with Gasteiger partial charge in [0.2, 0.25) is 0 Å². The first-order valence-electron chi connectivity index (χ1n) is 4.87. The lowest BCUT2D eigenvalue weighted by Crippen LogP contribution is -1.97. The summed E-state index contributed by atoms with van der Waals surface area (Å²) in [6.07, 6.45) is -0.693. The first kappa shape index (κ1) is 13.4. The van der Waals surface area contributed by atoms with Gasteiger partial charge in [-0.25, -0.2) is 0 Å². The van der Waals surface area contributed by atoms with Gasteiger partial charge in [-0.05, 0) is 52.2 Å². The van der Waals surface area contributed by atoms with Crippen molar-refractivity contribution in [1.29, 1.82) is 0 Å². The first-order valence-corrected chi connectivity index (χ1v) is 7.24. The SMILES string of the molecule is Cc1cc(Cl)cc(C(O)c2cc(Cl)c(Br)s2)c1. The number of aryl methyl sites for hydroxylation is 1. The number of benzene rings is 1. The molecule has 0 saturated heterocycles. The summed E-state index contributed by atoms with van der Waals surface area (Å²) >= 11 is 16.7. The van der Waals surface area contributed by atoms with Crippen molar-refractivity contribution in [3.8, 4) is 0 Å². The van der Waals surface area contributed by atoms with Gasteiger partial charge in [-0.1, -0.05) is 29.3 Å². The Hall–Kier alpha value is -0.0600. The van der Waals surface area contributed by atoms with Gasteiger partial charge in [0.25, 0.3) is 0 Å². The Morgan fingerprint density at radius 1 is 1.24 bits per heavy atom. The molecule has 1 nitrogen and oxygen atoms in total. The lowest BCUT2D eigenvalue weighted by molar-refractivity contribution is 0.224. The Bertz CT molecular complexity index is 514. The molecule has 0 radical (unpaired) electrons. The predicted molar refractivity (Wildman–Crippen MR) is 77.3 cm³/mol. The topological polar surface area (TPSA) is 20.2 Å². The van der Waals surface area contributed by atoms with Crippen molar-refractivity contribution in [2.24, 2.45) is 0 Å². The highest BCUT2D eigenvalue weighted by molar-refractivity contribution is 9.11. The van der Waals surface area contributed by atoms with Crippen molar-refractivity contribution in [3.05, 3.63) is 54.1 Å². The van der Waals surface area contributed by atoms with E-state index in [9.17, 15) is 5.11 Å². The van der Waals surface area contributed by atoms with Crippen molar-refractivity contribution in [3.63, 3.8) is 0 Å². The van der Waals surface area contributed by atoms with Crippen LogP contribution in [0, 0.1) is 6.92 Å². The van der Waals surface area contributed by atoms with Crippen LogP contribution >= 0.6 is 50.5 Å². The molecule has 0 aliphatic heterocycles. The zero-order chi connectivity index (χ0) is 12.6. The summed E-state index contributed by atoms with van der Waals surface area (Å²) in [6.45, 7) is 1.94. The fraction of sp³-hybridized carbons (Fsp3) is 0.167. The van der Waals surface area contributed by atoms with Crippen molar-refractivity contribution >= 4 is 50.5 Å². The van der Waals surface area contributed by atoms with Gasteiger partial charge < -0.3 is 5.11 Å². The molecule has 90 valence electrons. The lowest BCUT2D eigenvalue weighted by atomic mass is 10.1. The molecular formula is C12H9BrCl2OS. The Labute approximate surface area is 122 Å². The second kappa shape index (κ2) is 5.29. The molecule has 1 aromatic carbocycles. The minimum Gasteiger partial charge on any atom is -0.383 e. The van der Waals surface area contributed by atoms with E-state index in [1.807, 2.05) is 19.1 Å². The van der Waals surface area contributed by atoms with E-state index >= 15 is 0 Å². The molecule has 2 rings (SSSR count). The van der Waals surface area contributed by atoms with E-state index in [1.165, 1.54) is 11.3 Å². The minimum absolute atomic E-state index is 0.614. The van der Waals surface area contributed by atoms with Crippen LogP contribution < -0.4 is 0 Å². The second-order valence-electron chi connectivity index (χ2n) is 3.73. The highest BCUT2D eigenvalue weighted by atomic mass is 79.9. The quantitative estimate of drug-likeness (QED) is 0.787. The molecule has 0 fully saturated rings. The van der Waals surface area contributed by atoms with Crippen LogP contribution in [-0.4, -0.2) is 5.11 Å². The van der Waals surface area contributed by atoms with Gasteiger partial charge in [-0.2, -0.15) is 0 Å². The summed E-state index contributed by atoms with van der Waals surface area (Å²) in [7, 11) is 0. The largest absolute Gasteiger partial charge is 0.383 e. The van der Waals surface area contributed by atoms with E-state index in [-0.39, 0.29) is 0 Å². The molecule has 1 heterocycles. The maximum absolute atomic E-state index is 10.3. The number of hydrogen-bond acceptors (Lipinski definition) is 2. The second-order valence-corrected chi connectivity index (χ2v) is 6.98. The average molecular weight is 352 g/mol. The Kier molecular flexibility index (Phi) is 4.16. The Balaban J connectivity index is 2.39. The van der Waals surface area contributed by atoms with Gasteiger partial charge in [0.05, 0.1) is 8.81 Å². The Morgan fingerprint density at radius 2 is 1.94 bits per heavy atom. The molecule has 1 N–H and O–H groups in total. The number of aliphatic hydroxyl groups is 1. The monoisotopic (exact) mass is 350 g/mol. The molecule has 0 spiro atoms. The molecule has 0 aliphatic rings. The average Bonchev–Trinajstić information content (AvgIpc) is 2.57. The van der Waals surface area contributed by atoms with Crippen molar-refractivity contribution in [2.75, 3.05) is 0 Å². The fourth-order valence-electron chi connectivity index (χ4n) is 1.58. The van der Waals surface area contributed by atoms with E-state index in [0.717, 1.165) is 19.8 Å². The fourth-order valence-corrected chi connectivity index (χ4v) is 3.64. The van der Waals surface area contributed by atoms with Crippen LogP contribution in [0.5, 0.6) is 0 Å². The number of thiophene rings is 1. The summed E-state index contributed by atoms with van der Waals surface area (Å²) in [6, 6.07) is 7.30. The molecule has 1 atom stereocenters. The highest BCUT2D eigenvalue weighted by Crippen LogP contribution is 2.37. The van der Waals surface area contributed by atoms with E-state index in [1.54, 1.807) is 12.1 Å². The third kappa shape index (κ3) is 3.04. The maximum atomic E-state index is 10.3. The summed E-state index contributed by atoms with van der Waals surface area (Å²) < 4.78 is 0.826. The highest BCUT2D eigenvalue weighted by Gasteiger charge is 2.16. The first-order chi connectivity index (χ1) is 7.97. The van der Waals surface area contributed by atoms with Crippen LogP contribution in [0.25, 0.3) is 0 Å². The standard InChI is InChI=1S/C12H9BrCl2OS/c1-6-2-7(4-8(14)3-6)11(16)10-5-9(15)12(13)17-10/h2-5,11,16H,1H3. The van der Waals surface area contributed by atoms with E-state index < -0.39 is 6.10 Å². The van der Waals surface area contributed by atoms with Crippen LogP contribution in [0.2, 0.25) is 10.0 Å². The number of aliphatic hydroxyl groups excluding tert-OH is 1. The van der Waals surface area contributed by atoms with Gasteiger partial charge in [0.1, 0.15) is 6.10 Å². The zero-order valence-electron chi connectivity index (χ0n) is 8.88. The molecular weight excluding hydrogens is 343 g/mol. The minimum atomic E-state index is -0.693. The summed E-state index contributed by atoms with van der Waals surface area (Å²) in [5.74, 6) is 0. The predicted octanol–water partition coefficient (Wildman–Crippen LogP) is 5.21. The zero-order valence-corrected chi connectivity index (χ0v) is 12.8. The molecule has 5 heteroatoms. The van der Waals surface area contributed by atoms with Gasteiger partial charge in [0.15, 0.2) is 0 Å². The summed E-state index contributed by atoms with van der Waals surface area (Å²) in [4.78, 5) is 0.795. The van der Waals surface area contributed by atoms with Gasteiger partial charge in [-0.3, -0.25) is 0 Å². The molecule has 1 unspecified atom stereocenters. The van der Waals surface area contributed by atoms with Gasteiger partial charge in [0, 0.05) is 9.90 Å². The molecule has 2 aromatic rings. The lowest BCUT2D eigenvalue weighted by Gasteiger charge is -2.10. The van der Waals surface area contributed by atoms with Crippen molar-refractivity contribution < 1.29 is 5.11 Å². The third-order valence-electron chi connectivity index (χ3n) is 2.31. The van der Waals surface area contributed by atoms with Crippen LogP contribution in [0.4, 0.5) is 0 Å². The van der Waals surface area contributed by atoms with E-state index in [4.69, 9.17) is 23.2 Å². The molecule has 0 aliphatic carbocycles. The molecule has 0 amide bonds. The summed E-state index contributed by atoms with van der Waals surface area (Å²) in [5.41, 5.74) is 1.80. The number of halogens is 3. The van der Waals surface area contributed by atoms with Crippen LogP contribution in [0.1, 0.15) is 22.1 Å². The van der Waals surface area contributed by atoms with E-state index in [0.29, 0.717) is 10.0 Å². The van der Waals surface area contributed by atoms with Crippen LogP contribution in [0.15, 0.2) is 28.1 Å². The van der Waals surface area contributed by atoms with Gasteiger partial charge in [-0.15, -0.1) is 11.3 Å². The van der Waals surface area contributed by atoms with Crippen molar-refractivity contribution in [1.82, 2.24) is 0 Å². The molecule has 1 aromatic heterocycles. The number of hydrogen-bond donors (Lipinski definition) is 1. The molecule has 17 heavy (non-hydrogen) atoms. The third-order valence-corrected chi connectivity index (χ3v) is 5.06. The summed E-state index contributed by atoms with van der Waals surface area (Å²) in [5, 5.41) is 11.5. The van der Waals surface area contributed by atoms with Gasteiger partial charge >= 0.3 is 0 Å². The molecule has 0 saturated carbocycles. The Morgan fingerprint density at radius 3 is 2.47 bits per heavy atom.